The van der Waals surface area contributed by atoms with Crippen LogP contribution >= 0.6 is 11.8 Å². The van der Waals surface area contributed by atoms with Crippen molar-refractivity contribution in [3.8, 4) is 5.75 Å². The van der Waals surface area contributed by atoms with Gasteiger partial charge in [0.25, 0.3) is 0 Å². The lowest BCUT2D eigenvalue weighted by atomic mass is 10.1. The van der Waals surface area contributed by atoms with E-state index in [1.165, 1.54) is 0 Å². The van der Waals surface area contributed by atoms with Crippen LogP contribution in [0.4, 0.5) is 0 Å². The van der Waals surface area contributed by atoms with Crippen LogP contribution in [0.3, 0.4) is 0 Å². The Morgan fingerprint density at radius 1 is 1.40 bits per heavy atom. The largest absolute Gasteiger partial charge is 0.497 e. The number of fused-ring (bicyclic) bond motifs is 1. The summed E-state index contributed by atoms with van der Waals surface area (Å²) in [6.45, 7) is 0.535. The van der Waals surface area contributed by atoms with Gasteiger partial charge in [-0.2, -0.15) is 9.78 Å². The fraction of sp³-hybridized carbons (Fsp3) is 0.308. The van der Waals surface area contributed by atoms with Crippen molar-refractivity contribution in [1.29, 1.82) is 0 Å². The normalized spacial score (nSPS) is 13.8. The minimum atomic E-state index is 0.535. The van der Waals surface area contributed by atoms with Crippen molar-refractivity contribution >= 4 is 17.5 Å². The minimum Gasteiger partial charge on any atom is -0.497 e. The summed E-state index contributed by atoms with van der Waals surface area (Å²) in [5.74, 6) is 2.40. The van der Waals surface area contributed by atoms with E-state index in [2.05, 4.69) is 15.3 Å². The Morgan fingerprint density at radius 3 is 3.10 bits per heavy atom. The number of nitrogens with two attached hydrogens (primary N) is 1. The quantitative estimate of drug-likeness (QED) is 0.913. The van der Waals surface area contributed by atoms with Gasteiger partial charge in [0.05, 0.1) is 12.8 Å². The van der Waals surface area contributed by atoms with Crippen LogP contribution in [-0.4, -0.2) is 40.0 Å². The van der Waals surface area contributed by atoms with Gasteiger partial charge in [0.1, 0.15) is 5.75 Å². The summed E-state index contributed by atoms with van der Waals surface area (Å²) in [6, 6.07) is 7.89. The van der Waals surface area contributed by atoms with E-state index in [4.69, 9.17) is 10.5 Å². The number of aromatic nitrogens is 3. The van der Waals surface area contributed by atoms with Gasteiger partial charge in [-0.25, -0.2) is 0 Å². The van der Waals surface area contributed by atoms with Crippen LogP contribution in [0.25, 0.3) is 0 Å². The third-order valence-corrected chi connectivity index (χ3v) is 3.94. The topological polar surface area (TPSA) is 78.3 Å². The van der Waals surface area contributed by atoms with Crippen molar-refractivity contribution in [3.63, 3.8) is 0 Å². The van der Waals surface area contributed by atoms with Crippen LogP contribution in [0.5, 0.6) is 5.75 Å². The zero-order chi connectivity index (χ0) is 13.9. The summed E-state index contributed by atoms with van der Waals surface area (Å²) in [7, 11) is 1.66. The number of ether oxygens (including phenoxy) is 1. The highest BCUT2D eigenvalue weighted by Gasteiger charge is 2.19. The second-order valence-electron chi connectivity index (χ2n) is 4.32. The van der Waals surface area contributed by atoms with Crippen molar-refractivity contribution in [2.45, 2.75) is 11.6 Å². The molecule has 0 amide bonds. The number of rotatable bonds is 4. The van der Waals surface area contributed by atoms with Crippen LogP contribution in [-0.2, 0) is 6.42 Å². The van der Waals surface area contributed by atoms with Gasteiger partial charge in [-0.1, -0.05) is 23.9 Å². The van der Waals surface area contributed by atoms with Crippen molar-refractivity contribution < 1.29 is 4.74 Å². The monoisotopic (exact) mass is 289 g/mol. The van der Waals surface area contributed by atoms with E-state index in [-0.39, 0.29) is 0 Å². The lowest BCUT2D eigenvalue weighted by molar-refractivity contribution is 0.414. The van der Waals surface area contributed by atoms with Crippen molar-refractivity contribution in [2.75, 3.05) is 19.4 Å². The SMILES string of the molecule is COc1cccc(C2=Nn3c(CCN)nnc3SC2)c1. The number of nitrogens with zero attached hydrogens (tertiary/aromatic N) is 4. The molecule has 0 unspecified atom stereocenters. The van der Waals surface area contributed by atoms with Gasteiger partial charge in [-0.3, -0.25) is 0 Å². The Bertz CT molecular complexity index is 652. The molecular weight excluding hydrogens is 274 g/mol. The van der Waals surface area contributed by atoms with Gasteiger partial charge in [-0.05, 0) is 18.7 Å². The highest BCUT2D eigenvalue weighted by molar-refractivity contribution is 7.99. The standard InChI is InChI=1S/C13H15N5OS/c1-19-10-4-2-3-9(7-10)11-8-20-13-16-15-12(5-6-14)18(13)17-11/h2-4,7H,5-6,8,14H2,1H3. The van der Waals surface area contributed by atoms with Crippen molar-refractivity contribution in [2.24, 2.45) is 10.8 Å². The number of hydrogen-bond acceptors (Lipinski definition) is 6. The molecular formula is C13H15N5OS. The maximum atomic E-state index is 5.58. The van der Waals surface area contributed by atoms with E-state index in [9.17, 15) is 0 Å². The molecule has 0 saturated heterocycles. The van der Waals surface area contributed by atoms with Crippen molar-refractivity contribution in [3.05, 3.63) is 35.7 Å². The molecule has 6 nitrogen and oxygen atoms in total. The van der Waals surface area contributed by atoms with E-state index in [1.54, 1.807) is 23.5 Å². The molecule has 0 aliphatic carbocycles. The molecule has 1 aromatic carbocycles. The predicted octanol–water partition coefficient (Wildman–Crippen LogP) is 1.15. The molecule has 104 valence electrons. The molecule has 0 saturated carbocycles. The molecule has 2 aromatic rings. The molecule has 0 fully saturated rings. The second kappa shape index (κ2) is 5.64. The molecule has 7 heteroatoms. The summed E-state index contributed by atoms with van der Waals surface area (Å²) < 4.78 is 7.04. The van der Waals surface area contributed by atoms with Crippen LogP contribution in [0, 0.1) is 0 Å². The molecule has 3 rings (SSSR count). The fourth-order valence-electron chi connectivity index (χ4n) is 2.00. The average molecular weight is 289 g/mol. The molecule has 1 aliphatic rings. The highest BCUT2D eigenvalue weighted by atomic mass is 32.2. The van der Waals surface area contributed by atoms with E-state index < -0.39 is 0 Å². The zero-order valence-electron chi connectivity index (χ0n) is 11.1. The van der Waals surface area contributed by atoms with E-state index >= 15 is 0 Å². The van der Waals surface area contributed by atoms with E-state index in [1.807, 2.05) is 24.3 Å². The molecule has 2 N–H and O–H groups in total. The first-order valence-corrected chi connectivity index (χ1v) is 7.30. The zero-order valence-corrected chi connectivity index (χ0v) is 11.9. The first-order valence-electron chi connectivity index (χ1n) is 6.31. The van der Waals surface area contributed by atoms with E-state index in [0.717, 1.165) is 33.8 Å². The Hall–Kier alpha value is -1.86. The maximum Gasteiger partial charge on any atom is 0.212 e. The Labute approximate surface area is 121 Å². The summed E-state index contributed by atoms with van der Waals surface area (Å²) in [6.07, 6.45) is 0.669. The molecule has 0 atom stereocenters. The van der Waals surface area contributed by atoms with Crippen LogP contribution in [0.15, 0.2) is 34.5 Å². The molecule has 0 bridgehead atoms. The summed E-state index contributed by atoms with van der Waals surface area (Å²) in [5, 5.41) is 13.7. The van der Waals surface area contributed by atoms with Crippen LogP contribution in [0.1, 0.15) is 11.4 Å². The van der Waals surface area contributed by atoms with Gasteiger partial charge in [0, 0.05) is 17.7 Å². The third kappa shape index (κ3) is 2.41. The number of thioether (sulfide) groups is 1. The molecule has 1 aromatic heterocycles. The minimum absolute atomic E-state index is 0.535. The van der Waals surface area contributed by atoms with Crippen LogP contribution < -0.4 is 10.5 Å². The van der Waals surface area contributed by atoms with Gasteiger partial charge in [0.2, 0.25) is 5.16 Å². The third-order valence-electron chi connectivity index (χ3n) is 3.01. The van der Waals surface area contributed by atoms with Crippen LogP contribution in [0.2, 0.25) is 0 Å². The first-order chi connectivity index (χ1) is 9.81. The summed E-state index contributed by atoms with van der Waals surface area (Å²) in [5.41, 5.74) is 7.62. The van der Waals surface area contributed by atoms with Gasteiger partial charge in [-0.15, -0.1) is 10.2 Å². The summed E-state index contributed by atoms with van der Waals surface area (Å²) >= 11 is 1.63. The highest BCUT2D eigenvalue weighted by Crippen LogP contribution is 2.25. The predicted molar refractivity (Wildman–Crippen MR) is 78.4 cm³/mol. The molecule has 2 heterocycles. The Balaban J connectivity index is 1.98. The average Bonchev–Trinajstić information content (AvgIpc) is 2.90. The fourth-order valence-corrected chi connectivity index (χ4v) is 2.85. The molecule has 0 radical (unpaired) electrons. The number of benzene rings is 1. The lowest BCUT2D eigenvalue weighted by Crippen LogP contribution is -2.16. The Kier molecular flexibility index (Phi) is 3.70. The first kappa shape index (κ1) is 13.1. The second-order valence-corrected chi connectivity index (χ2v) is 5.26. The maximum absolute atomic E-state index is 5.58. The smallest absolute Gasteiger partial charge is 0.212 e. The number of hydrogen-bond donors (Lipinski definition) is 1. The molecule has 0 spiro atoms. The Morgan fingerprint density at radius 2 is 2.30 bits per heavy atom. The van der Waals surface area contributed by atoms with Gasteiger partial charge >= 0.3 is 0 Å². The summed E-state index contributed by atoms with van der Waals surface area (Å²) in [4.78, 5) is 0. The lowest BCUT2D eigenvalue weighted by Gasteiger charge is -2.14. The van der Waals surface area contributed by atoms with Crippen molar-refractivity contribution in [1.82, 2.24) is 14.9 Å². The van der Waals surface area contributed by atoms with E-state index in [0.29, 0.717) is 13.0 Å². The number of methoxy groups -OCH3 is 1. The van der Waals surface area contributed by atoms with Gasteiger partial charge in [0.15, 0.2) is 5.82 Å². The molecule has 20 heavy (non-hydrogen) atoms. The van der Waals surface area contributed by atoms with Gasteiger partial charge < -0.3 is 10.5 Å². The molecule has 1 aliphatic heterocycles.